The minimum Gasteiger partial charge on any atom is -0.497 e. The Morgan fingerprint density at radius 2 is 1.69 bits per heavy atom. The number of para-hydroxylation sites is 1. The van der Waals surface area contributed by atoms with Crippen LogP contribution in [0.5, 0.6) is 17.2 Å². The van der Waals surface area contributed by atoms with Crippen LogP contribution < -0.4 is 19.1 Å². The fourth-order valence-electron chi connectivity index (χ4n) is 3.03. The second kappa shape index (κ2) is 11.1. The molecule has 0 aliphatic carbocycles. The molecule has 1 N–H and O–H groups in total. The van der Waals surface area contributed by atoms with E-state index < -0.39 is 32.7 Å². The molecule has 0 radical (unpaired) electrons. The predicted octanol–water partition coefficient (Wildman–Crippen LogP) is 4.18. The number of hydrogen-bond acceptors (Lipinski definition) is 7. The summed E-state index contributed by atoms with van der Waals surface area (Å²) >= 11 is 0. The van der Waals surface area contributed by atoms with Gasteiger partial charge in [0.1, 0.15) is 10.6 Å². The van der Waals surface area contributed by atoms with Gasteiger partial charge in [-0.3, -0.25) is 4.79 Å². The molecule has 0 fully saturated rings. The lowest BCUT2D eigenvalue weighted by Gasteiger charge is -2.13. The van der Waals surface area contributed by atoms with Gasteiger partial charge in [0.25, 0.3) is 0 Å². The highest BCUT2D eigenvalue weighted by Crippen LogP contribution is 2.34. The SMILES string of the molecule is COc1cccc(CC(=O)N/N=C/c2cccc(OC)c2OS(=O)(=O)c2ccc(C(F)(F)F)cc2)c1. The number of ether oxygens (including phenoxy) is 2. The number of methoxy groups -OCH3 is 2. The van der Waals surface area contributed by atoms with Crippen LogP contribution in [0.4, 0.5) is 13.2 Å². The van der Waals surface area contributed by atoms with Crippen molar-refractivity contribution in [2.45, 2.75) is 17.5 Å². The first-order valence-corrected chi connectivity index (χ1v) is 11.7. The third-order valence-corrected chi connectivity index (χ3v) is 6.02. The third kappa shape index (κ3) is 6.75. The Bertz CT molecular complexity index is 1360. The van der Waals surface area contributed by atoms with E-state index in [1.807, 2.05) is 0 Å². The largest absolute Gasteiger partial charge is 0.497 e. The molecule has 0 bridgehead atoms. The summed E-state index contributed by atoms with van der Waals surface area (Å²) < 4.78 is 79.3. The van der Waals surface area contributed by atoms with E-state index in [-0.39, 0.29) is 23.5 Å². The number of alkyl halides is 3. The molecule has 0 atom stereocenters. The standard InChI is InChI=1S/C24H21F3N2O6S/c1-33-19-7-3-5-16(13-19)14-22(30)29-28-15-17-6-4-8-21(34-2)23(17)35-36(31,32)20-11-9-18(10-12-20)24(25,26)27/h3-13,15H,14H2,1-2H3,(H,29,30)/b28-15+. The minimum atomic E-state index is -4.62. The molecule has 0 heterocycles. The second-order valence-corrected chi connectivity index (χ2v) is 8.81. The fourth-order valence-corrected chi connectivity index (χ4v) is 4.00. The molecule has 3 aromatic carbocycles. The van der Waals surface area contributed by atoms with Crippen molar-refractivity contribution in [2.24, 2.45) is 5.10 Å². The van der Waals surface area contributed by atoms with Crippen molar-refractivity contribution < 1.29 is 40.0 Å². The van der Waals surface area contributed by atoms with Gasteiger partial charge in [-0.25, -0.2) is 5.43 Å². The van der Waals surface area contributed by atoms with Crippen LogP contribution in [0.15, 0.2) is 76.7 Å². The Kier molecular flexibility index (Phi) is 8.20. The van der Waals surface area contributed by atoms with E-state index in [0.717, 1.165) is 18.3 Å². The summed E-state index contributed by atoms with van der Waals surface area (Å²) in [6, 6.07) is 14.2. The van der Waals surface area contributed by atoms with Crippen molar-refractivity contribution in [3.8, 4) is 17.2 Å². The Morgan fingerprint density at radius 1 is 1.00 bits per heavy atom. The summed E-state index contributed by atoms with van der Waals surface area (Å²) in [5.74, 6) is -0.0821. The number of hydrogen-bond donors (Lipinski definition) is 1. The molecule has 8 nitrogen and oxygen atoms in total. The summed E-state index contributed by atoms with van der Waals surface area (Å²) in [4.78, 5) is 11.7. The van der Waals surface area contributed by atoms with Gasteiger partial charge in [0, 0.05) is 5.56 Å². The second-order valence-electron chi connectivity index (χ2n) is 7.26. The van der Waals surface area contributed by atoms with Crippen molar-refractivity contribution >= 4 is 22.2 Å². The van der Waals surface area contributed by atoms with Gasteiger partial charge in [-0.1, -0.05) is 18.2 Å². The van der Waals surface area contributed by atoms with Gasteiger partial charge in [0.2, 0.25) is 5.91 Å². The maximum atomic E-state index is 12.8. The van der Waals surface area contributed by atoms with Gasteiger partial charge in [-0.15, -0.1) is 0 Å². The summed E-state index contributed by atoms with van der Waals surface area (Å²) in [5.41, 5.74) is 2.15. The Morgan fingerprint density at radius 3 is 2.33 bits per heavy atom. The first-order valence-electron chi connectivity index (χ1n) is 10.3. The maximum absolute atomic E-state index is 12.8. The van der Waals surface area contributed by atoms with Crippen LogP contribution in [-0.2, 0) is 27.5 Å². The van der Waals surface area contributed by atoms with E-state index in [4.69, 9.17) is 13.7 Å². The van der Waals surface area contributed by atoms with E-state index >= 15 is 0 Å². The molecular formula is C24H21F3N2O6S. The van der Waals surface area contributed by atoms with Gasteiger partial charge in [-0.05, 0) is 54.1 Å². The molecule has 3 aromatic rings. The number of rotatable bonds is 9. The molecule has 0 unspecified atom stereocenters. The van der Waals surface area contributed by atoms with Crippen molar-refractivity contribution in [1.82, 2.24) is 5.43 Å². The monoisotopic (exact) mass is 522 g/mol. The molecule has 12 heteroatoms. The molecule has 36 heavy (non-hydrogen) atoms. The van der Waals surface area contributed by atoms with E-state index in [0.29, 0.717) is 23.4 Å². The Balaban J connectivity index is 1.78. The van der Waals surface area contributed by atoms with Crippen LogP contribution >= 0.6 is 0 Å². The fraction of sp³-hybridized carbons (Fsp3) is 0.167. The molecule has 0 aromatic heterocycles. The molecule has 0 saturated carbocycles. The van der Waals surface area contributed by atoms with Crippen LogP contribution in [0.1, 0.15) is 16.7 Å². The highest BCUT2D eigenvalue weighted by Gasteiger charge is 2.31. The number of amides is 1. The quantitative estimate of drug-likeness (QED) is 0.257. The lowest BCUT2D eigenvalue weighted by Crippen LogP contribution is -2.20. The van der Waals surface area contributed by atoms with Crippen molar-refractivity contribution in [3.05, 3.63) is 83.4 Å². The number of carbonyl (C=O) groups is 1. The lowest BCUT2D eigenvalue weighted by molar-refractivity contribution is -0.137. The van der Waals surface area contributed by atoms with Crippen LogP contribution in [0.3, 0.4) is 0 Å². The summed E-state index contributed by atoms with van der Waals surface area (Å²) in [7, 11) is -1.74. The number of benzene rings is 3. The zero-order valence-corrected chi connectivity index (χ0v) is 19.9. The number of carbonyl (C=O) groups excluding carboxylic acids is 1. The topological polar surface area (TPSA) is 103 Å². The van der Waals surface area contributed by atoms with Gasteiger partial charge < -0.3 is 13.7 Å². The van der Waals surface area contributed by atoms with Crippen LogP contribution in [-0.4, -0.2) is 34.8 Å². The average Bonchev–Trinajstić information content (AvgIpc) is 2.84. The van der Waals surface area contributed by atoms with E-state index in [1.54, 1.807) is 24.3 Å². The summed E-state index contributed by atoms with van der Waals surface area (Å²) in [5, 5.41) is 3.85. The first-order chi connectivity index (χ1) is 17.0. The Hall–Kier alpha value is -4.06. The van der Waals surface area contributed by atoms with E-state index in [9.17, 15) is 26.4 Å². The van der Waals surface area contributed by atoms with Crippen LogP contribution in [0, 0.1) is 0 Å². The molecule has 190 valence electrons. The highest BCUT2D eigenvalue weighted by molar-refractivity contribution is 7.87. The average molecular weight is 523 g/mol. The maximum Gasteiger partial charge on any atom is 0.416 e. The van der Waals surface area contributed by atoms with Gasteiger partial charge in [0.05, 0.1) is 32.4 Å². The highest BCUT2D eigenvalue weighted by atomic mass is 32.2. The lowest BCUT2D eigenvalue weighted by atomic mass is 10.1. The number of nitrogens with zero attached hydrogens (tertiary/aromatic N) is 1. The molecule has 0 saturated heterocycles. The minimum absolute atomic E-state index is 0.0122. The van der Waals surface area contributed by atoms with Gasteiger partial charge in [0.15, 0.2) is 11.5 Å². The molecule has 0 aliphatic heterocycles. The van der Waals surface area contributed by atoms with Crippen molar-refractivity contribution in [1.29, 1.82) is 0 Å². The van der Waals surface area contributed by atoms with E-state index in [2.05, 4.69) is 10.5 Å². The van der Waals surface area contributed by atoms with Gasteiger partial charge >= 0.3 is 16.3 Å². The zero-order valence-electron chi connectivity index (χ0n) is 19.1. The normalized spacial score (nSPS) is 11.8. The van der Waals surface area contributed by atoms with Crippen molar-refractivity contribution in [3.63, 3.8) is 0 Å². The molecule has 3 rings (SSSR count). The summed E-state index contributed by atoms with van der Waals surface area (Å²) in [6.07, 6.45) is -3.45. The zero-order chi connectivity index (χ0) is 26.3. The smallest absolute Gasteiger partial charge is 0.416 e. The number of hydrazone groups is 1. The van der Waals surface area contributed by atoms with Crippen LogP contribution in [0.25, 0.3) is 0 Å². The molecule has 0 spiro atoms. The number of halogens is 3. The molecular weight excluding hydrogens is 501 g/mol. The van der Waals surface area contributed by atoms with Crippen molar-refractivity contribution in [2.75, 3.05) is 14.2 Å². The molecule has 0 aliphatic rings. The molecule has 1 amide bonds. The first kappa shape index (κ1) is 26.5. The van der Waals surface area contributed by atoms with Crippen LogP contribution in [0.2, 0.25) is 0 Å². The number of nitrogens with one attached hydrogen (secondary N) is 1. The van der Waals surface area contributed by atoms with Gasteiger partial charge in [-0.2, -0.15) is 26.7 Å². The summed E-state index contributed by atoms with van der Waals surface area (Å²) in [6.45, 7) is 0. The third-order valence-electron chi connectivity index (χ3n) is 4.78. The Labute approximate surface area is 205 Å². The van der Waals surface area contributed by atoms with E-state index in [1.165, 1.54) is 32.4 Å². The predicted molar refractivity (Wildman–Crippen MR) is 125 cm³/mol.